The number of carbonyl (C=O) groups is 2. The van der Waals surface area contributed by atoms with Crippen molar-refractivity contribution >= 4 is 22.8 Å². The number of hydrogen-bond donors (Lipinski definition) is 2. The van der Waals surface area contributed by atoms with Crippen LogP contribution in [0.25, 0.3) is 11.0 Å². The van der Waals surface area contributed by atoms with Crippen LogP contribution in [-0.4, -0.2) is 27.9 Å². The van der Waals surface area contributed by atoms with E-state index in [1.54, 1.807) is 24.3 Å². The largest absolute Gasteiger partial charge is 0.478 e. The van der Waals surface area contributed by atoms with Crippen molar-refractivity contribution in [3.05, 3.63) is 66.2 Å². The van der Waals surface area contributed by atoms with Gasteiger partial charge in [-0.2, -0.15) is 0 Å². The van der Waals surface area contributed by atoms with Crippen molar-refractivity contribution in [1.82, 2.24) is 20.8 Å². The van der Waals surface area contributed by atoms with Crippen molar-refractivity contribution in [3.8, 4) is 5.75 Å². The van der Waals surface area contributed by atoms with Gasteiger partial charge in [-0.1, -0.05) is 24.3 Å². The molecule has 2 amide bonds. The molecule has 1 atom stereocenters. The zero-order valence-corrected chi connectivity index (χ0v) is 13.8. The van der Waals surface area contributed by atoms with Crippen LogP contribution < -0.4 is 15.6 Å². The van der Waals surface area contributed by atoms with Crippen LogP contribution in [0.15, 0.2) is 54.7 Å². The minimum absolute atomic E-state index is 0.0478. The Kier molecular flexibility index (Phi) is 5.02. The molecule has 0 bridgehead atoms. The highest BCUT2D eigenvalue weighted by molar-refractivity contribution is 5.95. The highest BCUT2D eigenvalue weighted by atomic mass is 19.1. The first-order valence-electron chi connectivity index (χ1n) is 7.78. The van der Waals surface area contributed by atoms with Gasteiger partial charge in [0.2, 0.25) is 0 Å². The van der Waals surface area contributed by atoms with Crippen LogP contribution in [-0.2, 0) is 4.79 Å². The number of fused-ring (bicyclic) bond motifs is 1. The minimum atomic E-state index is -1.02. The molecule has 3 aromatic rings. The predicted octanol–water partition coefficient (Wildman–Crippen LogP) is 2.00. The number of nitrogens with one attached hydrogen (secondary N) is 2. The number of para-hydroxylation sites is 3. The first-order chi connectivity index (χ1) is 12.5. The van der Waals surface area contributed by atoms with Crippen LogP contribution in [0.1, 0.15) is 17.4 Å². The van der Waals surface area contributed by atoms with E-state index in [-0.39, 0.29) is 11.4 Å². The van der Waals surface area contributed by atoms with Crippen LogP contribution in [0, 0.1) is 5.82 Å². The number of carbonyl (C=O) groups excluding carboxylic acids is 2. The minimum Gasteiger partial charge on any atom is -0.478 e. The maximum atomic E-state index is 13.5. The molecule has 1 unspecified atom stereocenters. The van der Waals surface area contributed by atoms with Crippen molar-refractivity contribution in [1.29, 1.82) is 0 Å². The summed E-state index contributed by atoms with van der Waals surface area (Å²) in [5.74, 6) is -1.91. The fourth-order valence-electron chi connectivity index (χ4n) is 2.13. The normalized spacial score (nSPS) is 11.6. The second kappa shape index (κ2) is 7.56. The van der Waals surface area contributed by atoms with E-state index in [1.807, 2.05) is 6.07 Å². The van der Waals surface area contributed by atoms with Crippen LogP contribution in [0.5, 0.6) is 5.75 Å². The summed E-state index contributed by atoms with van der Waals surface area (Å²) >= 11 is 0. The molecule has 0 aliphatic heterocycles. The van der Waals surface area contributed by atoms with Crippen LogP contribution in [0.2, 0.25) is 0 Å². The zero-order valence-electron chi connectivity index (χ0n) is 13.8. The predicted molar refractivity (Wildman–Crippen MR) is 91.6 cm³/mol. The Labute approximate surface area is 148 Å². The molecule has 0 aliphatic carbocycles. The molecule has 26 heavy (non-hydrogen) atoms. The number of hydrazine groups is 1. The highest BCUT2D eigenvalue weighted by Gasteiger charge is 2.18. The maximum Gasteiger partial charge on any atom is 0.289 e. The van der Waals surface area contributed by atoms with E-state index in [0.717, 1.165) is 0 Å². The first kappa shape index (κ1) is 17.3. The number of hydrogen-bond acceptors (Lipinski definition) is 5. The Balaban J connectivity index is 1.59. The van der Waals surface area contributed by atoms with Crippen LogP contribution >= 0.6 is 0 Å². The molecule has 2 N–H and O–H groups in total. The van der Waals surface area contributed by atoms with E-state index in [4.69, 9.17) is 4.74 Å². The second-order valence-electron chi connectivity index (χ2n) is 5.38. The maximum absolute atomic E-state index is 13.5. The van der Waals surface area contributed by atoms with Crippen molar-refractivity contribution in [2.75, 3.05) is 0 Å². The van der Waals surface area contributed by atoms with E-state index in [1.165, 1.54) is 31.3 Å². The van der Waals surface area contributed by atoms with E-state index < -0.39 is 23.7 Å². The van der Waals surface area contributed by atoms with Gasteiger partial charge in [0.1, 0.15) is 5.69 Å². The van der Waals surface area contributed by atoms with Gasteiger partial charge in [-0.3, -0.25) is 25.4 Å². The average molecular weight is 354 g/mol. The molecular formula is C18H15FN4O3. The van der Waals surface area contributed by atoms with Crippen molar-refractivity contribution in [2.45, 2.75) is 13.0 Å². The molecule has 0 radical (unpaired) electrons. The SMILES string of the molecule is CC(Oc1ccccc1F)C(=O)NNC(=O)c1cnc2ccccc2n1. The van der Waals surface area contributed by atoms with Crippen LogP contribution in [0.4, 0.5) is 4.39 Å². The van der Waals surface area contributed by atoms with Gasteiger partial charge >= 0.3 is 0 Å². The lowest BCUT2D eigenvalue weighted by Gasteiger charge is -2.15. The molecule has 0 saturated carbocycles. The topological polar surface area (TPSA) is 93.2 Å². The van der Waals surface area contributed by atoms with Gasteiger partial charge in [-0.25, -0.2) is 9.37 Å². The Morgan fingerprint density at radius 3 is 2.50 bits per heavy atom. The molecule has 3 rings (SSSR count). The number of nitrogens with zero attached hydrogens (tertiary/aromatic N) is 2. The zero-order chi connectivity index (χ0) is 18.5. The van der Waals surface area contributed by atoms with Gasteiger partial charge in [0.25, 0.3) is 11.8 Å². The smallest absolute Gasteiger partial charge is 0.289 e. The lowest BCUT2D eigenvalue weighted by Crippen LogP contribution is -2.47. The molecule has 0 saturated heterocycles. The lowest BCUT2D eigenvalue weighted by atomic mass is 10.3. The van der Waals surface area contributed by atoms with Crippen LogP contribution in [0.3, 0.4) is 0 Å². The summed E-state index contributed by atoms with van der Waals surface area (Å²) in [5, 5.41) is 0. The Bertz CT molecular complexity index is 964. The molecule has 1 aromatic heterocycles. The van der Waals surface area contributed by atoms with Gasteiger partial charge in [0, 0.05) is 0 Å². The fraction of sp³-hybridized carbons (Fsp3) is 0.111. The first-order valence-corrected chi connectivity index (χ1v) is 7.78. The van der Waals surface area contributed by atoms with Gasteiger partial charge in [-0.15, -0.1) is 0 Å². The van der Waals surface area contributed by atoms with Gasteiger partial charge < -0.3 is 4.74 Å². The molecule has 2 aromatic carbocycles. The average Bonchev–Trinajstić information content (AvgIpc) is 2.67. The number of ether oxygens (including phenoxy) is 1. The second-order valence-corrected chi connectivity index (χ2v) is 5.38. The van der Waals surface area contributed by atoms with E-state index in [0.29, 0.717) is 11.0 Å². The van der Waals surface area contributed by atoms with Gasteiger partial charge in [0.05, 0.1) is 17.2 Å². The molecular weight excluding hydrogens is 339 g/mol. The molecule has 0 spiro atoms. The fourth-order valence-corrected chi connectivity index (χ4v) is 2.13. The number of amides is 2. The van der Waals surface area contributed by atoms with Gasteiger partial charge in [-0.05, 0) is 31.2 Å². The van der Waals surface area contributed by atoms with Crippen molar-refractivity contribution in [2.24, 2.45) is 0 Å². The van der Waals surface area contributed by atoms with Crippen molar-refractivity contribution in [3.63, 3.8) is 0 Å². The monoisotopic (exact) mass is 354 g/mol. The standard InChI is InChI=1S/C18H15FN4O3/c1-11(26-16-9-5-2-6-12(16)19)17(24)22-23-18(25)15-10-20-13-7-3-4-8-14(13)21-15/h2-11H,1H3,(H,22,24)(H,23,25). The van der Waals surface area contributed by atoms with Crippen molar-refractivity contribution < 1.29 is 18.7 Å². The summed E-state index contributed by atoms with van der Waals surface area (Å²) in [6, 6.07) is 12.8. The number of rotatable bonds is 4. The Morgan fingerprint density at radius 2 is 1.73 bits per heavy atom. The van der Waals surface area contributed by atoms with E-state index in [2.05, 4.69) is 20.8 Å². The third-order valence-corrected chi connectivity index (χ3v) is 3.49. The molecule has 132 valence electrons. The summed E-state index contributed by atoms with van der Waals surface area (Å²) in [6.45, 7) is 1.43. The lowest BCUT2D eigenvalue weighted by molar-refractivity contribution is -0.128. The highest BCUT2D eigenvalue weighted by Crippen LogP contribution is 2.16. The summed E-state index contributed by atoms with van der Waals surface area (Å²) in [4.78, 5) is 32.4. The summed E-state index contributed by atoms with van der Waals surface area (Å²) in [7, 11) is 0. The van der Waals surface area contributed by atoms with Gasteiger partial charge in [0.15, 0.2) is 17.7 Å². The molecule has 0 aliphatic rings. The number of halogens is 1. The third-order valence-electron chi connectivity index (χ3n) is 3.49. The summed E-state index contributed by atoms with van der Waals surface area (Å²) in [5.41, 5.74) is 5.70. The quantitative estimate of drug-likeness (QED) is 0.699. The molecule has 8 heteroatoms. The van der Waals surface area contributed by atoms with E-state index in [9.17, 15) is 14.0 Å². The number of benzene rings is 2. The summed E-state index contributed by atoms with van der Waals surface area (Å²) in [6.07, 6.45) is 0.290. The Morgan fingerprint density at radius 1 is 1.04 bits per heavy atom. The van der Waals surface area contributed by atoms with E-state index >= 15 is 0 Å². The third kappa shape index (κ3) is 3.92. The molecule has 7 nitrogen and oxygen atoms in total. The molecule has 1 heterocycles. The molecule has 0 fully saturated rings. The Hall–Kier alpha value is -3.55. The summed E-state index contributed by atoms with van der Waals surface area (Å²) < 4.78 is 18.8. The number of aromatic nitrogens is 2.